The fourth-order valence-corrected chi connectivity index (χ4v) is 4.92. The number of benzene rings is 1. The van der Waals surface area contributed by atoms with Crippen molar-refractivity contribution in [2.24, 2.45) is 16.8 Å². The van der Waals surface area contributed by atoms with Gasteiger partial charge in [-0.1, -0.05) is 5.16 Å². The van der Waals surface area contributed by atoms with Crippen LogP contribution in [-0.4, -0.2) is 57.7 Å². The fraction of sp³-hybridized carbons (Fsp3) is 0.360. The number of nitro benzene ring substituents is 1. The van der Waals surface area contributed by atoms with Gasteiger partial charge in [-0.3, -0.25) is 14.9 Å². The number of carboxylic acids is 1. The van der Waals surface area contributed by atoms with Crippen molar-refractivity contribution in [1.82, 2.24) is 9.55 Å². The second kappa shape index (κ2) is 9.75. The zero-order valence-corrected chi connectivity index (χ0v) is 20.9. The lowest BCUT2D eigenvalue weighted by molar-refractivity contribution is -0.386. The number of fused-ring (bicyclic) bond motifs is 2. The number of carboxylic acid groups (broad SMARTS) is 1. The zero-order chi connectivity index (χ0) is 28.1. The molecule has 6 rings (SSSR count). The zero-order valence-electron chi connectivity index (χ0n) is 20.9. The summed E-state index contributed by atoms with van der Waals surface area (Å²) in [6.45, 7) is 0.285. The first-order chi connectivity index (χ1) is 19.2. The van der Waals surface area contributed by atoms with Gasteiger partial charge in [0.25, 0.3) is 5.69 Å². The Bertz CT molecular complexity index is 1650. The van der Waals surface area contributed by atoms with E-state index in [2.05, 4.69) is 10.1 Å². The minimum atomic E-state index is -1.39. The molecule has 40 heavy (non-hydrogen) atoms. The van der Waals surface area contributed by atoms with E-state index in [4.69, 9.17) is 20.0 Å². The van der Waals surface area contributed by atoms with Crippen LogP contribution in [0.3, 0.4) is 0 Å². The minimum Gasteiger partial charge on any atom is -0.477 e. The molecule has 2 aromatic heterocycles. The quantitative estimate of drug-likeness (QED) is 0.307. The highest BCUT2D eigenvalue weighted by Gasteiger charge is 2.33. The molecule has 2 fully saturated rings. The maximum absolute atomic E-state index is 15.3. The van der Waals surface area contributed by atoms with Gasteiger partial charge in [-0.25, -0.2) is 14.2 Å². The number of aromatic carboxylic acids is 1. The molecule has 14 nitrogen and oxygen atoms in total. The largest absolute Gasteiger partial charge is 0.477 e. The molecule has 1 saturated heterocycles. The van der Waals surface area contributed by atoms with Crippen LogP contribution < -0.4 is 25.5 Å². The Balaban J connectivity index is 1.28. The molecule has 2 aliphatic heterocycles. The molecule has 1 aromatic carbocycles. The number of hydrogen-bond acceptors (Lipinski definition) is 11. The lowest BCUT2D eigenvalue weighted by atomic mass is 10.1. The third kappa shape index (κ3) is 4.43. The number of carbonyl (C=O) groups is 1. The molecule has 1 aliphatic carbocycles. The Morgan fingerprint density at radius 1 is 1.30 bits per heavy atom. The van der Waals surface area contributed by atoms with Gasteiger partial charge in [-0.2, -0.15) is 0 Å². The molecule has 1 saturated carbocycles. The first-order valence-electron chi connectivity index (χ1n) is 12.4. The second-order valence-electron chi connectivity index (χ2n) is 9.74. The van der Waals surface area contributed by atoms with Crippen molar-refractivity contribution in [3.8, 4) is 11.5 Å². The van der Waals surface area contributed by atoms with Gasteiger partial charge in [-0.15, -0.1) is 0 Å². The van der Waals surface area contributed by atoms with Crippen LogP contribution in [0.5, 0.6) is 11.5 Å². The smallest absolute Gasteiger partial charge is 0.341 e. The summed E-state index contributed by atoms with van der Waals surface area (Å²) >= 11 is 0. The summed E-state index contributed by atoms with van der Waals surface area (Å²) in [7, 11) is 0. The van der Waals surface area contributed by atoms with Crippen LogP contribution in [0.15, 0.2) is 34.3 Å². The van der Waals surface area contributed by atoms with Crippen molar-refractivity contribution in [3.05, 3.63) is 61.7 Å². The molecule has 4 heterocycles. The van der Waals surface area contributed by atoms with E-state index < -0.39 is 27.7 Å². The highest BCUT2D eigenvalue weighted by molar-refractivity contribution is 5.95. The average Bonchev–Trinajstić information content (AvgIpc) is 3.52. The normalized spacial score (nSPS) is 19.0. The van der Waals surface area contributed by atoms with E-state index in [1.807, 2.05) is 0 Å². The molecule has 0 spiro atoms. The van der Waals surface area contributed by atoms with Gasteiger partial charge in [0.1, 0.15) is 17.8 Å². The van der Waals surface area contributed by atoms with Crippen molar-refractivity contribution in [2.45, 2.75) is 25.5 Å². The first-order valence-corrected chi connectivity index (χ1v) is 12.4. The molecule has 3 aliphatic rings. The number of ether oxygens (including phenoxy) is 2. The summed E-state index contributed by atoms with van der Waals surface area (Å²) in [5.74, 6) is -1.89. The van der Waals surface area contributed by atoms with Gasteiger partial charge in [0.05, 0.1) is 34.2 Å². The molecule has 208 valence electrons. The molecule has 0 radical (unpaired) electrons. The van der Waals surface area contributed by atoms with Crippen LogP contribution >= 0.6 is 0 Å². The Kier molecular flexibility index (Phi) is 6.21. The molecule has 15 heteroatoms. The molecule has 3 aromatic rings. The average molecular weight is 554 g/mol. The van der Waals surface area contributed by atoms with Gasteiger partial charge in [0, 0.05) is 31.2 Å². The number of aromatic nitrogens is 2. The summed E-state index contributed by atoms with van der Waals surface area (Å²) in [4.78, 5) is 46.8. The van der Waals surface area contributed by atoms with Gasteiger partial charge in [-0.05, 0) is 25.0 Å². The summed E-state index contributed by atoms with van der Waals surface area (Å²) in [6, 6.07) is 3.73. The van der Waals surface area contributed by atoms with Crippen LogP contribution in [0, 0.1) is 21.8 Å². The number of nitrogens with two attached hydrogens (primary N) is 1. The SMILES string of the molecule is NCC1CN(c2nc3c(cc2F)c(=O)c(C(=O)O)cn3C2CC2)C/C1=N\OCc1cc2c(cc1[N+](=O)[O-])OCO2. The number of halogens is 1. The highest BCUT2D eigenvalue weighted by Crippen LogP contribution is 2.39. The van der Waals surface area contributed by atoms with E-state index in [9.17, 15) is 24.8 Å². The van der Waals surface area contributed by atoms with E-state index in [0.717, 1.165) is 18.9 Å². The lowest BCUT2D eigenvalue weighted by Gasteiger charge is -2.19. The van der Waals surface area contributed by atoms with Gasteiger partial charge in [0.15, 0.2) is 23.1 Å². The van der Waals surface area contributed by atoms with Crippen molar-refractivity contribution in [1.29, 1.82) is 0 Å². The summed E-state index contributed by atoms with van der Waals surface area (Å²) in [6.07, 6.45) is 2.85. The standard InChI is InChI=1S/C25H23FN6O8/c26-17-4-15-22(33)16(25(34)35)8-31(14-1-2-14)23(15)28-24(17)30-7-13(6-27)18(9-30)29-40-10-12-3-20-21(39-11-38-20)5-19(12)32(36)37/h3-5,8,13-14H,1-2,6-7,9-11,27H2,(H,34,35)/b29-18+. The van der Waals surface area contributed by atoms with E-state index >= 15 is 4.39 Å². The van der Waals surface area contributed by atoms with Crippen molar-refractivity contribution < 1.29 is 33.5 Å². The van der Waals surface area contributed by atoms with Crippen LogP contribution in [0.1, 0.15) is 34.8 Å². The van der Waals surface area contributed by atoms with Crippen LogP contribution in [0.25, 0.3) is 11.0 Å². The number of oxime groups is 1. The minimum absolute atomic E-state index is 0.0202. The second-order valence-corrected chi connectivity index (χ2v) is 9.74. The number of nitro groups is 1. The maximum Gasteiger partial charge on any atom is 0.341 e. The molecule has 0 bridgehead atoms. The summed E-state index contributed by atoms with van der Waals surface area (Å²) in [5.41, 5.74) is 5.43. The Morgan fingerprint density at radius 2 is 2.05 bits per heavy atom. The third-order valence-electron chi connectivity index (χ3n) is 7.13. The van der Waals surface area contributed by atoms with Gasteiger partial charge in [0.2, 0.25) is 12.2 Å². The van der Waals surface area contributed by atoms with Crippen LogP contribution in [0.4, 0.5) is 15.9 Å². The Hall–Kier alpha value is -4.79. The van der Waals surface area contributed by atoms with Crippen molar-refractivity contribution >= 4 is 34.2 Å². The monoisotopic (exact) mass is 554 g/mol. The van der Waals surface area contributed by atoms with E-state index in [1.165, 1.54) is 18.3 Å². The highest BCUT2D eigenvalue weighted by atomic mass is 19.1. The predicted molar refractivity (Wildman–Crippen MR) is 137 cm³/mol. The van der Waals surface area contributed by atoms with Crippen molar-refractivity contribution in [2.75, 3.05) is 31.3 Å². The summed E-state index contributed by atoms with van der Waals surface area (Å²) < 4.78 is 27.4. The molecule has 1 atom stereocenters. The van der Waals surface area contributed by atoms with Gasteiger partial charge >= 0.3 is 5.97 Å². The molecular formula is C25H23FN6O8. The lowest BCUT2D eigenvalue weighted by Crippen LogP contribution is -2.26. The number of nitrogens with zero attached hydrogens (tertiary/aromatic N) is 5. The fourth-order valence-electron chi connectivity index (χ4n) is 4.92. The number of anilines is 1. The third-order valence-corrected chi connectivity index (χ3v) is 7.13. The molecule has 1 unspecified atom stereocenters. The molecule has 0 amide bonds. The maximum atomic E-state index is 15.3. The van der Waals surface area contributed by atoms with E-state index in [0.29, 0.717) is 11.5 Å². The Morgan fingerprint density at radius 3 is 2.73 bits per heavy atom. The molecule has 3 N–H and O–H groups in total. The van der Waals surface area contributed by atoms with E-state index in [1.54, 1.807) is 9.47 Å². The summed E-state index contributed by atoms with van der Waals surface area (Å²) in [5, 5.41) is 25.0. The van der Waals surface area contributed by atoms with Gasteiger partial charge < -0.3 is 34.6 Å². The van der Waals surface area contributed by atoms with Crippen LogP contribution in [-0.2, 0) is 11.4 Å². The van der Waals surface area contributed by atoms with E-state index in [-0.39, 0.29) is 78.8 Å². The van der Waals surface area contributed by atoms with Crippen molar-refractivity contribution in [3.63, 3.8) is 0 Å². The number of rotatable bonds is 8. The topological polar surface area (TPSA) is 185 Å². The molecular weight excluding hydrogens is 531 g/mol. The Labute approximate surface area is 224 Å². The number of pyridine rings is 2. The first kappa shape index (κ1) is 25.5. The number of hydrogen-bond donors (Lipinski definition) is 2. The predicted octanol–water partition coefficient (Wildman–Crippen LogP) is 2.17. The van der Waals surface area contributed by atoms with Crippen LogP contribution in [0.2, 0.25) is 0 Å².